The molecule has 0 aliphatic heterocycles. The number of fused-ring (bicyclic) bond motifs is 1. The van der Waals surface area contributed by atoms with Gasteiger partial charge in [0, 0.05) is 5.39 Å². The van der Waals surface area contributed by atoms with Crippen LogP contribution in [0, 0.1) is 6.92 Å². The lowest BCUT2D eigenvalue weighted by Gasteiger charge is -2.15. The molecule has 0 spiro atoms. The van der Waals surface area contributed by atoms with Gasteiger partial charge in [-0.1, -0.05) is 11.6 Å². The maximum atomic E-state index is 12.2. The molecule has 0 radical (unpaired) electrons. The standard InChI is InChI=1S/C17H18N4O2/c1-11-5-6-15-14(8-11)16(20-10-19-15)21-12(2)17(22)18-9-13-4-3-7-23-13/h3-8,10,12H,9H2,1-2H3,(H,18,22)(H,19,20,21). The summed E-state index contributed by atoms with van der Waals surface area (Å²) in [6.07, 6.45) is 3.08. The molecule has 3 aromatic rings. The maximum Gasteiger partial charge on any atom is 0.242 e. The summed E-state index contributed by atoms with van der Waals surface area (Å²) in [5.74, 6) is 1.24. The van der Waals surface area contributed by atoms with E-state index in [0.717, 1.165) is 16.5 Å². The Morgan fingerprint density at radius 3 is 2.96 bits per heavy atom. The third-order valence-electron chi connectivity index (χ3n) is 3.55. The van der Waals surface area contributed by atoms with Crippen molar-refractivity contribution in [3.63, 3.8) is 0 Å². The van der Waals surface area contributed by atoms with E-state index in [1.165, 1.54) is 6.33 Å². The zero-order valence-corrected chi connectivity index (χ0v) is 13.0. The van der Waals surface area contributed by atoms with E-state index in [-0.39, 0.29) is 5.91 Å². The fourth-order valence-corrected chi connectivity index (χ4v) is 2.30. The Hall–Kier alpha value is -2.89. The Morgan fingerprint density at radius 2 is 2.17 bits per heavy atom. The largest absolute Gasteiger partial charge is 0.467 e. The first-order chi connectivity index (χ1) is 11.1. The lowest BCUT2D eigenvalue weighted by Crippen LogP contribution is -2.37. The van der Waals surface area contributed by atoms with Gasteiger partial charge in [0.25, 0.3) is 0 Å². The van der Waals surface area contributed by atoms with E-state index < -0.39 is 6.04 Å². The lowest BCUT2D eigenvalue weighted by molar-refractivity contribution is -0.121. The average Bonchev–Trinajstić information content (AvgIpc) is 3.06. The van der Waals surface area contributed by atoms with Gasteiger partial charge >= 0.3 is 0 Å². The van der Waals surface area contributed by atoms with Crippen molar-refractivity contribution >= 4 is 22.6 Å². The van der Waals surface area contributed by atoms with Crippen molar-refractivity contribution in [1.29, 1.82) is 0 Å². The second-order valence-electron chi connectivity index (χ2n) is 5.41. The molecule has 3 rings (SSSR count). The highest BCUT2D eigenvalue weighted by Gasteiger charge is 2.15. The van der Waals surface area contributed by atoms with Crippen molar-refractivity contribution in [1.82, 2.24) is 15.3 Å². The van der Waals surface area contributed by atoms with Crippen LogP contribution in [0.15, 0.2) is 47.3 Å². The summed E-state index contributed by atoms with van der Waals surface area (Å²) in [7, 11) is 0. The second kappa shape index (κ2) is 6.48. The number of anilines is 1. The number of benzene rings is 1. The van der Waals surface area contributed by atoms with Gasteiger partial charge in [-0.05, 0) is 38.1 Å². The van der Waals surface area contributed by atoms with E-state index in [2.05, 4.69) is 20.6 Å². The second-order valence-corrected chi connectivity index (χ2v) is 5.41. The number of furan rings is 1. The van der Waals surface area contributed by atoms with Gasteiger partial charge in [-0.25, -0.2) is 9.97 Å². The normalized spacial score (nSPS) is 12.1. The van der Waals surface area contributed by atoms with Crippen LogP contribution in [-0.4, -0.2) is 21.9 Å². The number of aryl methyl sites for hydroxylation is 1. The lowest BCUT2D eigenvalue weighted by atomic mass is 10.1. The van der Waals surface area contributed by atoms with Gasteiger partial charge in [0.2, 0.25) is 5.91 Å². The molecule has 1 unspecified atom stereocenters. The van der Waals surface area contributed by atoms with Crippen LogP contribution in [0.2, 0.25) is 0 Å². The minimum Gasteiger partial charge on any atom is -0.467 e. The monoisotopic (exact) mass is 310 g/mol. The van der Waals surface area contributed by atoms with Crippen molar-refractivity contribution in [2.24, 2.45) is 0 Å². The van der Waals surface area contributed by atoms with Gasteiger partial charge in [-0.3, -0.25) is 4.79 Å². The fourth-order valence-electron chi connectivity index (χ4n) is 2.30. The first kappa shape index (κ1) is 15.0. The molecule has 118 valence electrons. The smallest absolute Gasteiger partial charge is 0.242 e. The topological polar surface area (TPSA) is 80.0 Å². The summed E-state index contributed by atoms with van der Waals surface area (Å²) < 4.78 is 5.20. The van der Waals surface area contributed by atoms with E-state index in [9.17, 15) is 4.79 Å². The SMILES string of the molecule is Cc1ccc2ncnc(NC(C)C(=O)NCc3ccco3)c2c1. The number of carbonyl (C=O) groups excluding carboxylic acids is 1. The van der Waals surface area contributed by atoms with Crippen LogP contribution in [-0.2, 0) is 11.3 Å². The summed E-state index contributed by atoms with van der Waals surface area (Å²) in [5.41, 5.74) is 1.96. The molecule has 2 heterocycles. The first-order valence-corrected chi connectivity index (χ1v) is 7.41. The number of carbonyl (C=O) groups is 1. The van der Waals surface area contributed by atoms with E-state index in [4.69, 9.17) is 4.42 Å². The molecule has 23 heavy (non-hydrogen) atoms. The summed E-state index contributed by atoms with van der Waals surface area (Å²) in [6, 6.07) is 9.13. The highest BCUT2D eigenvalue weighted by molar-refractivity contribution is 5.92. The average molecular weight is 310 g/mol. The Morgan fingerprint density at radius 1 is 1.30 bits per heavy atom. The highest BCUT2D eigenvalue weighted by Crippen LogP contribution is 2.20. The van der Waals surface area contributed by atoms with Gasteiger partial charge in [-0.2, -0.15) is 0 Å². The predicted octanol–water partition coefficient (Wildman–Crippen LogP) is 2.65. The van der Waals surface area contributed by atoms with Gasteiger partial charge in [0.1, 0.15) is 23.9 Å². The maximum absolute atomic E-state index is 12.2. The predicted molar refractivity (Wildman–Crippen MR) is 87.9 cm³/mol. The Labute approximate surface area is 133 Å². The molecule has 0 aliphatic carbocycles. The summed E-state index contributed by atoms with van der Waals surface area (Å²) in [5, 5.41) is 6.88. The van der Waals surface area contributed by atoms with Gasteiger partial charge < -0.3 is 15.1 Å². The molecule has 1 aromatic carbocycles. The Bertz CT molecular complexity index is 815. The van der Waals surface area contributed by atoms with E-state index in [1.54, 1.807) is 19.3 Å². The minimum absolute atomic E-state index is 0.124. The zero-order chi connectivity index (χ0) is 16.2. The number of nitrogens with one attached hydrogen (secondary N) is 2. The van der Waals surface area contributed by atoms with Crippen molar-refractivity contribution in [2.45, 2.75) is 26.4 Å². The van der Waals surface area contributed by atoms with Crippen molar-refractivity contribution in [3.8, 4) is 0 Å². The number of hydrogen-bond acceptors (Lipinski definition) is 5. The molecule has 0 saturated heterocycles. The summed E-state index contributed by atoms with van der Waals surface area (Å²) >= 11 is 0. The molecule has 0 fully saturated rings. The van der Waals surface area contributed by atoms with Crippen LogP contribution in [0.5, 0.6) is 0 Å². The Kier molecular flexibility index (Phi) is 4.23. The van der Waals surface area contributed by atoms with Crippen LogP contribution in [0.3, 0.4) is 0 Å². The first-order valence-electron chi connectivity index (χ1n) is 7.41. The zero-order valence-electron chi connectivity index (χ0n) is 13.0. The third-order valence-corrected chi connectivity index (χ3v) is 3.55. The molecule has 1 amide bonds. The summed E-state index contributed by atoms with van der Waals surface area (Å²) in [6.45, 7) is 4.17. The summed E-state index contributed by atoms with van der Waals surface area (Å²) in [4.78, 5) is 20.7. The molecule has 0 bridgehead atoms. The highest BCUT2D eigenvalue weighted by atomic mass is 16.3. The molecule has 0 saturated carbocycles. The number of aromatic nitrogens is 2. The number of nitrogens with zero attached hydrogens (tertiary/aromatic N) is 2. The number of rotatable bonds is 5. The Balaban J connectivity index is 1.71. The molecule has 2 aromatic heterocycles. The number of hydrogen-bond donors (Lipinski definition) is 2. The number of amides is 1. The molecule has 1 atom stereocenters. The molecule has 2 N–H and O–H groups in total. The fraction of sp³-hybridized carbons (Fsp3) is 0.235. The molecular formula is C17H18N4O2. The van der Waals surface area contributed by atoms with E-state index >= 15 is 0 Å². The van der Waals surface area contributed by atoms with Crippen LogP contribution in [0.25, 0.3) is 10.9 Å². The quantitative estimate of drug-likeness (QED) is 0.757. The molecule has 6 nitrogen and oxygen atoms in total. The molecule has 0 aliphatic rings. The van der Waals surface area contributed by atoms with Crippen molar-refractivity contribution in [2.75, 3.05) is 5.32 Å². The van der Waals surface area contributed by atoms with Crippen LogP contribution in [0.4, 0.5) is 5.82 Å². The van der Waals surface area contributed by atoms with Crippen LogP contribution in [0.1, 0.15) is 18.2 Å². The van der Waals surface area contributed by atoms with Crippen molar-refractivity contribution < 1.29 is 9.21 Å². The van der Waals surface area contributed by atoms with Crippen molar-refractivity contribution in [3.05, 3.63) is 54.2 Å². The molecular weight excluding hydrogens is 292 g/mol. The van der Waals surface area contributed by atoms with Gasteiger partial charge in [0.15, 0.2) is 0 Å². The van der Waals surface area contributed by atoms with Gasteiger partial charge in [-0.15, -0.1) is 0 Å². The van der Waals surface area contributed by atoms with E-state index in [1.807, 2.05) is 31.2 Å². The third kappa shape index (κ3) is 3.48. The molecule has 6 heteroatoms. The van der Waals surface area contributed by atoms with Gasteiger partial charge in [0.05, 0.1) is 18.3 Å². The minimum atomic E-state index is -0.427. The van der Waals surface area contributed by atoms with Crippen LogP contribution >= 0.6 is 0 Å². The van der Waals surface area contributed by atoms with Crippen LogP contribution < -0.4 is 10.6 Å². The van der Waals surface area contributed by atoms with E-state index in [0.29, 0.717) is 18.1 Å².